The Morgan fingerprint density at radius 2 is 1.82 bits per heavy atom. The van der Waals surface area contributed by atoms with Crippen molar-refractivity contribution in [3.8, 4) is 6.07 Å². The van der Waals surface area contributed by atoms with Crippen LogP contribution in [-0.2, 0) is 22.2 Å². The van der Waals surface area contributed by atoms with Gasteiger partial charge in [-0.2, -0.15) is 18.4 Å². The number of nitriles is 1. The van der Waals surface area contributed by atoms with Crippen LogP contribution in [0.25, 0.3) is 0 Å². The van der Waals surface area contributed by atoms with E-state index in [0.29, 0.717) is 5.56 Å². The summed E-state index contributed by atoms with van der Waals surface area (Å²) in [6, 6.07) is 6.08. The van der Waals surface area contributed by atoms with Crippen molar-refractivity contribution in [3.05, 3.63) is 35.4 Å². The zero-order valence-corrected chi connectivity index (χ0v) is 12.1. The minimum Gasteiger partial charge on any atom is -0.358 e. The number of hydrogen-bond donors (Lipinski definition) is 1. The van der Waals surface area contributed by atoms with E-state index in [0.717, 1.165) is 12.1 Å². The summed E-state index contributed by atoms with van der Waals surface area (Å²) >= 11 is 0. The molecule has 0 fully saturated rings. The molecule has 0 aliphatic heterocycles. The highest BCUT2D eigenvalue weighted by atomic mass is 19.4. The summed E-state index contributed by atoms with van der Waals surface area (Å²) in [6.45, 7) is 1.54. The number of carbonyl (C=O) groups excluding carboxylic acids is 2. The number of rotatable bonds is 5. The highest BCUT2D eigenvalue weighted by Crippen LogP contribution is 2.29. The minimum absolute atomic E-state index is 0.159. The topological polar surface area (TPSA) is 70.0 Å². The van der Waals surface area contributed by atoms with Crippen LogP contribution in [0.15, 0.2) is 24.3 Å². The number of nitrogens with zero attached hydrogens (tertiary/aromatic N) is 1. The SMILES string of the molecule is CNC(=O)[C@H](C#N)C(=O)[C@H](C)Cc1ccc(C(F)(F)F)cc1. The number of carbonyl (C=O) groups is 2. The van der Waals surface area contributed by atoms with Crippen LogP contribution in [0.3, 0.4) is 0 Å². The van der Waals surface area contributed by atoms with Crippen LogP contribution in [0, 0.1) is 23.2 Å². The summed E-state index contributed by atoms with van der Waals surface area (Å²) in [5.41, 5.74) is -0.238. The Hall–Kier alpha value is -2.36. The van der Waals surface area contributed by atoms with E-state index in [1.165, 1.54) is 26.1 Å². The molecule has 1 aromatic carbocycles. The van der Waals surface area contributed by atoms with Crippen molar-refractivity contribution < 1.29 is 22.8 Å². The second kappa shape index (κ2) is 7.07. The largest absolute Gasteiger partial charge is 0.416 e. The van der Waals surface area contributed by atoms with E-state index >= 15 is 0 Å². The standard InChI is InChI=1S/C15H15F3N2O2/c1-9(13(21)12(8-19)14(22)20-2)7-10-3-5-11(6-4-10)15(16,17)18/h3-6,9,12H,7H2,1-2H3,(H,20,22)/t9-,12-/m1/s1. The summed E-state index contributed by atoms with van der Waals surface area (Å²) in [6.07, 6.45) is -4.25. The molecule has 0 heterocycles. The van der Waals surface area contributed by atoms with E-state index in [2.05, 4.69) is 5.32 Å². The molecule has 22 heavy (non-hydrogen) atoms. The summed E-state index contributed by atoms with van der Waals surface area (Å²) in [5.74, 6) is -3.30. The molecule has 0 saturated heterocycles. The predicted molar refractivity (Wildman–Crippen MR) is 72.5 cm³/mol. The molecule has 1 aromatic rings. The molecule has 0 aliphatic rings. The lowest BCUT2D eigenvalue weighted by molar-refractivity contribution is -0.138. The number of nitrogens with one attached hydrogen (secondary N) is 1. The quantitative estimate of drug-likeness (QED) is 0.848. The third kappa shape index (κ3) is 4.32. The average Bonchev–Trinajstić information content (AvgIpc) is 2.47. The van der Waals surface area contributed by atoms with Crippen LogP contribution in [0.5, 0.6) is 0 Å². The number of ketones is 1. The zero-order chi connectivity index (χ0) is 16.9. The lowest BCUT2D eigenvalue weighted by Crippen LogP contribution is -2.35. The van der Waals surface area contributed by atoms with Gasteiger partial charge in [0.15, 0.2) is 11.7 Å². The van der Waals surface area contributed by atoms with E-state index in [1.807, 2.05) is 0 Å². The fraction of sp³-hybridized carbons (Fsp3) is 0.400. The second-order valence-electron chi connectivity index (χ2n) is 4.88. The summed E-state index contributed by atoms with van der Waals surface area (Å²) in [7, 11) is 1.32. The molecular weight excluding hydrogens is 297 g/mol. The van der Waals surface area contributed by atoms with Crippen LogP contribution in [0.2, 0.25) is 0 Å². The lowest BCUT2D eigenvalue weighted by Gasteiger charge is -2.14. The van der Waals surface area contributed by atoms with E-state index in [1.54, 1.807) is 6.07 Å². The van der Waals surface area contributed by atoms with Gasteiger partial charge >= 0.3 is 6.18 Å². The molecule has 0 radical (unpaired) electrons. The Labute approximate surface area is 125 Å². The molecule has 0 unspecified atom stereocenters. The van der Waals surface area contributed by atoms with Gasteiger partial charge in [0.25, 0.3) is 0 Å². The first-order chi connectivity index (χ1) is 10.2. The molecule has 0 bridgehead atoms. The number of hydrogen-bond acceptors (Lipinski definition) is 3. The highest BCUT2D eigenvalue weighted by Gasteiger charge is 2.31. The predicted octanol–water partition coefficient (Wildman–Crippen LogP) is 2.34. The Bertz CT molecular complexity index is 588. The molecule has 1 N–H and O–H groups in total. The van der Waals surface area contributed by atoms with Gasteiger partial charge in [-0.1, -0.05) is 19.1 Å². The first kappa shape index (κ1) is 17.7. The van der Waals surface area contributed by atoms with Gasteiger partial charge in [-0.25, -0.2) is 0 Å². The highest BCUT2D eigenvalue weighted by molar-refractivity contribution is 6.04. The van der Waals surface area contributed by atoms with Crippen LogP contribution in [-0.4, -0.2) is 18.7 Å². The van der Waals surface area contributed by atoms with E-state index in [-0.39, 0.29) is 6.42 Å². The molecule has 7 heteroatoms. The number of amides is 1. The fourth-order valence-electron chi connectivity index (χ4n) is 1.96. The third-order valence-electron chi connectivity index (χ3n) is 3.23. The number of halogens is 3. The molecule has 1 amide bonds. The van der Waals surface area contributed by atoms with Crippen molar-refractivity contribution in [2.45, 2.75) is 19.5 Å². The van der Waals surface area contributed by atoms with Gasteiger partial charge in [0.1, 0.15) is 0 Å². The van der Waals surface area contributed by atoms with Gasteiger partial charge in [0, 0.05) is 13.0 Å². The number of benzene rings is 1. The summed E-state index contributed by atoms with van der Waals surface area (Å²) in [4.78, 5) is 23.5. The molecule has 0 aliphatic carbocycles. The van der Waals surface area contributed by atoms with Crippen LogP contribution in [0.1, 0.15) is 18.1 Å². The Kier molecular flexibility index (Phi) is 5.69. The molecule has 2 atom stereocenters. The smallest absolute Gasteiger partial charge is 0.358 e. The molecule has 4 nitrogen and oxygen atoms in total. The number of alkyl halides is 3. The zero-order valence-electron chi connectivity index (χ0n) is 12.1. The summed E-state index contributed by atoms with van der Waals surface area (Å²) in [5, 5.41) is 11.1. The van der Waals surface area contributed by atoms with Gasteiger partial charge in [0.05, 0.1) is 11.6 Å². The van der Waals surface area contributed by atoms with E-state index in [9.17, 15) is 22.8 Å². The average molecular weight is 312 g/mol. The Morgan fingerprint density at radius 3 is 2.23 bits per heavy atom. The molecule has 0 saturated carbocycles. The van der Waals surface area contributed by atoms with Crippen molar-refractivity contribution in [1.29, 1.82) is 5.26 Å². The minimum atomic E-state index is -4.41. The molecule has 0 spiro atoms. The van der Waals surface area contributed by atoms with Crippen molar-refractivity contribution >= 4 is 11.7 Å². The van der Waals surface area contributed by atoms with Crippen molar-refractivity contribution in [2.75, 3.05) is 7.05 Å². The molecule has 1 rings (SSSR count). The Balaban J connectivity index is 2.80. The fourth-order valence-corrected chi connectivity index (χ4v) is 1.96. The van der Waals surface area contributed by atoms with Crippen molar-refractivity contribution in [2.24, 2.45) is 11.8 Å². The lowest BCUT2D eigenvalue weighted by atomic mass is 9.89. The maximum absolute atomic E-state index is 12.5. The van der Waals surface area contributed by atoms with Gasteiger partial charge in [-0.3, -0.25) is 9.59 Å². The normalized spacial score (nSPS) is 13.8. The van der Waals surface area contributed by atoms with Crippen molar-refractivity contribution in [1.82, 2.24) is 5.32 Å². The molecular formula is C15H15F3N2O2. The third-order valence-corrected chi connectivity index (χ3v) is 3.23. The van der Waals surface area contributed by atoms with Crippen LogP contribution < -0.4 is 5.32 Å². The molecule has 0 aromatic heterocycles. The van der Waals surface area contributed by atoms with Crippen molar-refractivity contribution in [3.63, 3.8) is 0 Å². The van der Waals surface area contributed by atoms with Crippen LogP contribution in [0.4, 0.5) is 13.2 Å². The second-order valence-corrected chi connectivity index (χ2v) is 4.88. The monoisotopic (exact) mass is 312 g/mol. The maximum atomic E-state index is 12.5. The van der Waals surface area contributed by atoms with Gasteiger partial charge < -0.3 is 5.32 Å². The van der Waals surface area contributed by atoms with Crippen LogP contribution >= 0.6 is 0 Å². The first-order valence-electron chi connectivity index (χ1n) is 6.51. The van der Waals surface area contributed by atoms with E-state index in [4.69, 9.17) is 5.26 Å². The number of Topliss-reactive ketones (excluding diaryl/α,β-unsaturated/α-hetero) is 1. The summed E-state index contributed by atoms with van der Waals surface area (Å²) < 4.78 is 37.4. The Morgan fingerprint density at radius 1 is 1.27 bits per heavy atom. The maximum Gasteiger partial charge on any atom is 0.416 e. The van der Waals surface area contributed by atoms with Gasteiger partial charge in [0.2, 0.25) is 5.91 Å². The molecule has 118 valence electrons. The van der Waals surface area contributed by atoms with Gasteiger partial charge in [-0.05, 0) is 24.1 Å². The van der Waals surface area contributed by atoms with Gasteiger partial charge in [-0.15, -0.1) is 0 Å². The van der Waals surface area contributed by atoms with E-state index < -0.39 is 35.3 Å². The first-order valence-corrected chi connectivity index (χ1v) is 6.51.